The van der Waals surface area contributed by atoms with Gasteiger partial charge in [0.25, 0.3) is 0 Å². The van der Waals surface area contributed by atoms with Crippen LogP contribution in [0.25, 0.3) is 11.0 Å². The molecule has 78 valence electrons. The van der Waals surface area contributed by atoms with Gasteiger partial charge in [0, 0.05) is 18.5 Å². The predicted octanol–water partition coefficient (Wildman–Crippen LogP) is 1.49. The molecule has 2 aromatic rings. The number of fused-ring (bicyclic) bond motifs is 1. The number of hydrogen-bond acceptors (Lipinski definition) is 4. The molecule has 1 aromatic carbocycles. The van der Waals surface area contributed by atoms with Crippen LogP contribution in [0.4, 0.5) is 0 Å². The van der Waals surface area contributed by atoms with Crippen LogP contribution in [0, 0.1) is 6.92 Å². The zero-order chi connectivity index (χ0) is 10.3. The van der Waals surface area contributed by atoms with Crippen molar-refractivity contribution >= 4 is 11.0 Å². The number of nitrogens with zero attached hydrogens (tertiary/aromatic N) is 1. The monoisotopic (exact) mass is 204 g/mol. The molecule has 1 aliphatic rings. The summed E-state index contributed by atoms with van der Waals surface area (Å²) >= 11 is 0. The molecule has 0 aliphatic carbocycles. The van der Waals surface area contributed by atoms with E-state index in [1.54, 1.807) is 0 Å². The molecule has 1 fully saturated rings. The van der Waals surface area contributed by atoms with Crippen LogP contribution in [0.15, 0.2) is 22.7 Å². The second kappa shape index (κ2) is 3.24. The van der Waals surface area contributed by atoms with E-state index in [-0.39, 0.29) is 6.10 Å². The highest BCUT2D eigenvalue weighted by molar-refractivity contribution is 5.84. The summed E-state index contributed by atoms with van der Waals surface area (Å²) in [4.78, 5) is 0. The van der Waals surface area contributed by atoms with Crippen LogP contribution in [0.3, 0.4) is 0 Å². The maximum Gasteiger partial charge on any atom is 0.208 e. The number of aromatic nitrogens is 1. The molecule has 1 saturated heterocycles. The molecule has 4 heteroatoms. The Bertz CT molecular complexity index is 488. The first-order chi connectivity index (χ1) is 7.34. The Labute approximate surface area is 87.2 Å². The number of hydrogen-bond donors (Lipinski definition) is 1. The lowest BCUT2D eigenvalue weighted by Gasteiger charge is -2.27. The molecule has 2 heterocycles. The number of nitrogens with one attached hydrogen (secondary N) is 1. The van der Waals surface area contributed by atoms with Crippen LogP contribution in [-0.2, 0) is 0 Å². The summed E-state index contributed by atoms with van der Waals surface area (Å²) < 4.78 is 11.0. The van der Waals surface area contributed by atoms with E-state index in [1.165, 1.54) is 0 Å². The zero-order valence-electron chi connectivity index (χ0n) is 8.49. The number of aryl methyl sites for hydroxylation is 1. The molecule has 0 bridgehead atoms. The minimum absolute atomic E-state index is 0.265. The van der Waals surface area contributed by atoms with Crippen molar-refractivity contribution in [2.24, 2.45) is 0 Å². The second-order valence-electron chi connectivity index (χ2n) is 3.80. The standard InChI is InChI=1S/C11H12N2O2/c1-7-9-3-2-4-10(11(9)15-13-7)14-8-5-12-6-8/h2-4,8,12H,5-6H2,1H3. The minimum Gasteiger partial charge on any atom is -0.484 e. The lowest BCUT2D eigenvalue weighted by molar-refractivity contribution is 0.142. The van der Waals surface area contributed by atoms with E-state index in [4.69, 9.17) is 9.26 Å². The van der Waals surface area contributed by atoms with Crippen molar-refractivity contribution in [1.82, 2.24) is 10.5 Å². The van der Waals surface area contributed by atoms with E-state index in [0.717, 1.165) is 35.5 Å². The van der Waals surface area contributed by atoms with Crippen LogP contribution in [-0.4, -0.2) is 24.4 Å². The number of benzene rings is 1. The van der Waals surface area contributed by atoms with E-state index < -0.39 is 0 Å². The molecule has 4 nitrogen and oxygen atoms in total. The van der Waals surface area contributed by atoms with Gasteiger partial charge in [-0.25, -0.2) is 0 Å². The van der Waals surface area contributed by atoms with Gasteiger partial charge >= 0.3 is 0 Å². The first-order valence-corrected chi connectivity index (χ1v) is 5.07. The van der Waals surface area contributed by atoms with Crippen LogP contribution >= 0.6 is 0 Å². The van der Waals surface area contributed by atoms with Gasteiger partial charge in [0.05, 0.1) is 5.69 Å². The van der Waals surface area contributed by atoms with E-state index in [0.29, 0.717) is 0 Å². The van der Waals surface area contributed by atoms with Gasteiger partial charge in [-0.3, -0.25) is 0 Å². The Balaban J connectivity index is 2.01. The van der Waals surface area contributed by atoms with Gasteiger partial charge in [-0.05, 0) is 19.1 Å². The average Bonchev–Trinajstić information content (AvgIpc) is 2.55. The van der Waals surface area contributed by atoms with Gasteiger partial charge in [0.15, 0.2) is 5.75 Å². The van der Waals surface area contributed by atoms with Crippen LogP contribution < -0.4 is 10.1 Å². The highest BCUT2D eigenvalue weighted by atomic mass is 16.5. The predicted molar refractivity (Wildman–Crippen MR) is 56.0 cm³/mol. The Morgan fingerprint density at radius 2 is 2.33 bits per heavy atom. The molecule has 3 rings (SSSR count). The van der Waals surface area contributed by atoms with Crippen LogP contribution in [0.1, 0.15) is 5.69 Å². The largest absolute Gasteiger partial charge is 0.484 e. The summed E-state index contributed by atoms with van der Waals surface area (Å²) in [6, 6.07) is 5.88. The lowest BCUT2D eigenvalue weighted by Crippen LogP contribution is -2.50. The third-order valence-corrected chi connectivity index (χ3v) is 2.68. The molecule has 0 amide bonds. The molecule has 0 unspecified atom stereocenters. The maximum absolute atomic E-state index is 5.78. The SMILES string of the molecule is Cc1noc2c(OC3CNC3)cccc12. The average molecular weight is 204 g/mol. The molecule has 1 N–H and O–H groups in total. The molecule has 0 atom stereocenters. The molecule has 0 spiro atoms. The Hall–Kier alpha value is -1.55. The minimum atomic E-state index is 0.265. The topological polar surface area (TPSA) is 47.3 Å². The normalized spacial score (nSPS) is 16.6. The van der Waals surface area contributed by atoms with Crippen LogP contribution in [0.5, 0.6) is 5.75 Å². The van der Waals surface area contributed by atoms with Crippen molar-refractivity contribution in [2.75, 3.05) is 13.1 Å². The molecule has 15 heavy (non-hydrogen) atoms. The van der Waals surface area contributed by atoms with Gasteiger partial charge in [0.2, 0.25) is 5.58 Å². The van der Waals surface area contributed by atoms with Gasteiger partial charge in [-0.1, -0.05) is 11.2 Å². The smallest absolute Gasteiger partial charge is 0.208 e. The van der Waals surface area contributed by atoms with E-state index in [9.17, 15) is 0 Å². The molecular formula is C11H12N2O2. The van der Waals surface area contributed by atoms with Gasteiger partial charge in [-0.15, -0.1) is 0 Å². The van der Waals surface area contributed by atoms with E-state index in [1.807, 2.05) is 25.1 Å². The second-order valence-corrected chi connectivity index (χ2v) is 3.80. The van der Waals surface area contributed by atoms with Crippen molar-refractivity contribution < 1.29 is 9.26 Å². The Morgan fingerprint density at radius 3 is 3.07 bits per heavy atom. The summed E-state index contributed by atoms with van der Waals surface area (Å²) in [5.74, 6) is 0.791. The molecule has 0 radical (unpaired) electrons. The molecule has 1 aliphatic heterocycles. The fourth-order valence-corrected chi connectivity index (χ4v) is 1.68. The number of ether oxygens (including phenoxy) is 1. The third kappa shape index (κ3) is 1.37. The van der Waals surface area contributed by atoms with Gasteiger partial charge < -0.3 is 14.6 Å². The lowest BCUT2D eigenvalue weighted by atomic mass is 10.2. The van der Waals surface area contributed by atoms with Crippen molar-refractivity contribution in [2.45, 2.75) is 13.0 Å². The van der Waals surface area contributed by atoms with Crippen LogP contribution in [0.2, 0.25) is 0 Å². The number of rotatable bonds is 2. The fraction of sp³-hybridized carbons (Fsp3) is 0.364. The quantitative estimate of drug-likeness (QED) is 0.805. The molecule has 1 aromatic heterocycles. The van der Waals surface area contributed by atoms with Crippen molar-refractivity contribution in [3.8, 4) is 5.75 Å². The summed E-state index contributed by atoms with van der Waals surface area (Å²) in [7, 11) is 0. The Morgan fingerprint density at radius 1 is 1.47 bits per heavy atom. The Kier molecular flexibility index (Phi) is 1.89. The van der Waals surface area contributed by atoms with Gasteiger partial charge in [-0.2, -0.15) is 0 Å². The highest BCUT2D eigenvalue weighted by Crippen LogP contribution is 2.28. The first-order valence-electron chi connectivity index (χ1n) is 5.07. The van der Waals surface area contributed by atoms with Gasteiger partial charge in [0.1, 0.15) is 6.10 Å². The summed E-state index contributed by atoms with van der Waals surface area (Å²) in [5, 5.41) is 8.13. The first kappa shape index (κ1) is 8.73. The summed E-state index contributed by atoms with van der Waals surface area (Å²) in [5.41, 5.74) is 1.66. The summed E-state index contributed by atoms with van der Waals surface area (Å²) in [6.07, 6.45) is 0.265. The van der Waals surface area contributed by atoms with Crippen molar-refractivity contribution in [1.29, 1.82) is 0 Å². The highest BCUT2D eigenvalue weighted by Gasteiger charge is 2.20. The zero-order valence-corrected chi connectivity index (χ0v) is 8.49. The fourth-order valence-electron chi connectivity index (χ4n) is 1.68. The van der Waals surface area contributed by atoms with E-state index >= 15 is 0 Å². The van der Waals surface area contributed by atoms with Crippen molar-refractivity contribution in [3.05, 3.63) is 23.9 Å². The maximum atomic E-state index is 5.78. The molecular weight excluding hydrogens is 192 g/mol. The van der Waals surface area contributed by atoms with Crippen molar-refractivity contribution in [3.63, 3.8) is 0 Å². The molecule has 0 saturated carbocycles. The summed E-state index contributed by atoms with van der Waals surface area (Å²) in [6.45, 7) is 3.74. The third-order valence-electron chi connectivity index (χ3n) is 2.68. The van der Waals surface area contributed by atoms with E-state index in [2.05, 4.69) is 10.5 Å². The number of para-hydroxylation sites is 1.